The van der Waals surface area contributed by atoms with E-state index in [0.29, 0.717) is 0 Å². The predicted molar refractivity (Wildman–Crippen MR) is 266 cm³/mol. The van der Waals surface area contributed by atoms with E-state index in [2.05, 4.69) is 263 Å². The summed E-state index contributed by atoms with van der Waals surface area (Å²) < 4.78 is 13.6. The Morgan fingerprint density at radius 2 is 1.14 bits per heavy atom. The van der Waals surface area contributed by atoms with Gasteiger partial charge in [0.1, 0.15) is 17.3 Å². The van der Waals surface area contributed by atoms with E-state index < -0.39 is 0 Å². The molecule has 10 aromatic rings. The smallest absolute Gasteiger partial charge is 0.269 e. The summed E-state index contributed by atoms with van der Waals surface area (Å²) in [6, 6.07) is 66.7. The highest BCUT2D eigenvalue weighted by Gasteiger charge is 2.30. The molecular weight excluding hydrogens is 793 g/mol. The molecule has 0 aliphatic heterocycles. The largest absolute Gasteiger partial charge is 0.458 e. The summed E-state index contributed by atoms with van der Waals surface area (Å²) in [5.74, 6) is 2.34. The summed E-state index contributed by atoms with van der Waals surface area (Å²) in [7, 11) is 0. The van der Waals surface area contributed by atoms with E-state index in [1.165, 1.54) is 27.6 Å². The number of rotatable bonds is 10. The molecule has 0 radical (unpaired) electrons. The van der Waals surface area contributed by atoms with E-state index in [9.17, 15) is 0 Å². The molecular formula is C60H54N4O. The van der Waals surface area contributed by atoms with Crippen LogP contribution in [0.3, 0.4) is 0 Å². The average Bonchev–Trinajstić information content (AvgIpc) is 3.93. The van der Waals surface area contributed by atoms with Crippen molar-refractivity contribution in [2.45, 2.75) is 64.7 Å². The molecule has 0 aliphatic carbocycles. The van der Waals surface area contributed by atoms with Gasteiger partial charge in [0.05, 0.1) is 28.1 Å². The monoisotopic (exact) mass is 846 g/mol. The van der Waals surface area contributed by atoms with E-state index in [-0.39, 0.29) is 16.2 Å². The standard InChI is InChI=1S/C60H54N4O/c1-58(2,3)46-32-33-61-57(37-46)64-54-29-18-17-28-52(54)53-31-30-50(39-55(53)64)65-51-35-43(42-20-11-8-12-21-42)34-49(38-51)62-40-56(60(6,7)45-24-15-10-16-25-45)63(41-62)48-27-19-26-47(36-48)59(4,5)44-22-13-9-14-23-44/h8-40H,1-7H3. The maximum absolute atomic E-state index is 6.96. The number of hydrogen-bond donors (Lipinski definition) is 0. The molecule has 65 heavy (non-hydrogen) atoms. The number of aromatic nitrogens is 4. The molecule has 3 aromatic heterocycles. The zero-order chi connectivity index (χ0) is 44.9. The fourth-order valence-electron chi connectivity index (χ4n) is 9.18. The van der Waals surface area contributed by atoms with Crippen LogP contribution in [0.15, 0.2) is 200 Å². The third-order valence-electron chi connectivity index (χ3n) is 13.2. The molecule has 0 bridgehead atoms. The molecule has 0 N–H and O–H groups in total. The Labute approximate surface area is 382 Å². The molecule has 0 saturated carbocycles. The van der Waals surface area contributed by atoms with E-state index in [1.807, 2.05) is 6.20 Å². The summed E-state index contributed by atoms with van der Waals surface area (Å²) in [4.78, 5) is 4.91. The lowest BCUT2D eigenvalue weighted by Crippen LogP contribution is -2.40. The van der Waals surface area contributed by atoms with E-state index in [1.54, 1.807) is 0 Å². The Morgan fingerprint density at radius 3 is 1.86 bits per heavy atom. The van der Waals surface area contributed by atoms with Gasteiger partial charge < -0.3 is 4.74 Å². The number of para-hydroxylation sites is 1. The van der Waals surface area contributed by atoms with Gasteiger partial charge in [0, 0.05) is 40.1 Å². The van der Waals surface area contributed by atoms with Crippen LogP contribution in [-0.4, -0.2) is 14.1 Å². The van der Waals surface area contributed by atoms with Crippen molar-refractivity contribution in [3.8, 4) is 39.8 Å². The van der Waals surface area contributed by atoms with Crippen molar-refractivity contribution >= 4 is 21.8 Å². The normalized spacial score (nSPS) is 12.2. The number of nitrogens with zero attached hydrogens (tertiary/aromatic N) is 4. The lowest BCUT2D eigenvalue weighted by molar-refractivity contribution is -0.611. The van der Waals surface area contributed by atoms with Crippen molar-refractivity contribution in [2.75, 3.05) is 0 Å². The third kappa shape index (κ3) is 7.82. The van der Waals surface area contributed by atoms with Gasteiger partial charge in [-0.05, 0) is 99.5 Å². The van der Waals surface area contributed by atoms with E-state index in [0.717, 1.165) is 61.9 Å². The molecule has 5 heteroatoms. The average molecular weight is 847 g/mol. The van der Waals surface area contributed by atoms with Crippen LogP contribution in [0.2, 0.25) is 0 Å². The van der Waals surface area contributed by atoms with Crippen LogP contribution >= 0.6 is 0 Å². The fraction of sp³-hybridized carbons (Fsp3) is 0.167. The molecule has 320 valence electrons. The Hall–Kier alpha value is -7.50. The highest BCUT2D eigenvalue weighted by molar-refractivity contribution is 6.09. The van der Waals surface area contributed by atoms with Gasteiger partial charge in [-0.1, -0.05) is 170 Å². The summed E-state index contributed by atoms with van der Waals surface area (Å²) in [5.41, 5.74) is 11.7. The SMILES string of the molecule is CC(C)(C)c1ccnc(-n2c3ccccc3c3ccc(Oc4cc(-c5ccccc5)cc(-n5[c-][n+](-c6cccc(C(C)(C)c7ccccc7)c6)c(C(C)(C)c6ccccc6)c5)c4)cc32)c1. The van der Waals surface area contributed by atoms with Crippen LogP contribution in [0.25, 0.3) is 50.1 Å². The highest BCUT2D eigenvalue weighted by atomic mass is 16.5. The van der Waals surface area contributed by atoms with Gasteiger partial charge in [0.2, 0.25) is 0 Å². The molecule has 3 heterocycles. The summed E-state index contributed by atoms with van der Waals surface area (Å²) in [6.07, 6.45) is 7.98. The summed E-state index contributed by atoms with van der Waals surface area (Å²) in [5, 5.41) is 2.32. The molecule has 0 aliphatic rings. The maximum atomic E-state index is 6.96. The van der Waals surface area contributed by atoms with Crippen LogP contribution in [0.4, 0.5) is 0 Å². The fourth-order valence-corrected chi connectivity index (χ4v) is 9.18. The zero-order valence-corrected chi connectivity index (χ0v) is 38.2. The van der Waals surface area contributed by atoms with Gasteiger partial charge in [-0.25, -0.2) is 4.98 Å². The zero-order valence-electron chi connectivity index (χ0n) is 38.2. The van der Waals surface area contributed by atoms with Crippen molar-refractivity contribution in [1.29, 1.82) is 0 Å². The first-order valence-electron chi connectivity index (χ1n) is 22.5. The minimum atomic E-state index is -0.376. The second kappa shape index (κ2) is 16.2. The van der Waals surface area contributed by atoms with Crippen LogP contribution in [0, 0.1) is 6.33 Å². The number of hydrogen-bond acceptors (Lipinski definition) is 2. The number of fused-ring (bicyclic) bond motifs is 3. The van der Waals surface area contributed by atoms with Crippen molar-refractivity contribution in [2.24, 2.45) is 0 Å². The topological polar surface area (TPSA) is 35.9 Å². The Balaban J connectivity index is 1.12. The van der Waals surface area contributed by atoms with E-state index >= 15 is 0 Å². The van der Waals surface area contributed by atoms with E-state index in [4.69, 9.17) is 9.72 Å². The molecule has 0 amide bonds. The lowest BCUT2D eigenvalue weighted by Gasteiger charge is -2.29. The molecule has 0 spiro atoms. The minimum Gasteiger partial charge on any atom is -0.458 e. The van der Waals surface area contributed by atoms with Gasteiger partial charge in [-0.3, -0.25) is 13.7 Å². The van der Waals surface area contributed by atoms with Gasteiger partial charge >= 0.3 is 0 Å². The minimum absolute atomic E-state index is 0.0238. The number of benzene rings is 7. The number of ether oxygens (including phenoxy) is 1. The quantitative estimate of drug-likeness (QED) is 0.102. The molecule has 0 unspecified atom stereocenters. The molecule has 10 rings (SSSR count). The molecule has 0 saturated heterocycles. The first-order chi connectivity index (χ1) is 31.3. The van der Waals surface area contributed by atoms with Crippen molar-refractivity contribution in [1.82, 2.24) is 14.1 Å². The maximum Gasteiger partial charge on any atom is 0.269 e. The van der Waals surface area contributed by atoms with Crippen LogP contribution < -0.4 is 9.30 Å². The number of imidazole rings is 1. The van der Waals surface area contributed by atoms with Crippen molar-refractivity contribution in [3.05, 3.63) is 235 Å². The summed E-state index contributed by atoms with van der Waals surface area (Å²) >= 11 is 0. The first kappa shape index (κ1) is 41.5. The Kier molecular flexibility index (Phi) is 10.4. The molecule has 5 nitrogen and oxygen atoms in total. The predicted octanol–water partition coefficient (Wildman–Crippen LogP) is 14.5. The van der Waals surface area contributed by atoms with Crippen molar-refractivity contribution < 1.29 is 9.30 Å². The van der Waals surface area contributed by atoms with Crippen LogP contribution in [-0.2, 0) is 16.2 Å². The third-order valence-corrected chi connectivity index (χ3v) is 13.2. The molecule has 0 fully saturated rings. The Morgan fingerprint density at radius 1 is 0.492 bits per heavy atom. The van der Waals surface area contributed by atoms with Gasteiger partial charge in [0.25, 0.3) is 6.33 Å². The van der Waals surface area contributed by atoms with Crippen molar-refractivity contribution in [3.63, 3.8) is 0 Å². The molecule has 0 atom stereocenters. The van der Waals surface area contributed by atoms with Gasteiger partial charge in [0.15, 0.2) is 0 Å². The Bertz CT molecular complexity index is 3320. The first-order valence-corrected chi connectivity index (χ1v) is 22.5. The second-order valence-electron chi connectivity index (χ2n) is 19.2. The number of pyridine rings is 1. The molecule has 7 aromatic carbocycles. The lowest BCUT2D eigenvalue weighted by atomic mass is 9.78. The van der Waals surface area contributed by atoms with Gasteiger partial charge in [-0.15, -0.1) is 0 Å². The van der Waals surface area contributed by atoms with Crippen LogP contribution in [0.5, 0.6) is 11.5 Å². The van der Waals surface area contributed by atoms with Gasteiger partial charge in [-0.2, -0.15) is 0 Å². The van der Waals surface area contributed by atoms with Crippen LogP contribution in [0.1, 0.15) is 76.4 Å². The highest BCUT2D eigenvalue weighted by Crippen LogP contribution is 2.39. The second-order valence-corrected chi connectivity index (χ2v) is 19.2. The summed E-state index contributed by atoms with van der Waals surface area (Å²) in [6.45, 7) is 15.9.